The minimum Gasteiger partial charge on any atom is -0.862 e. The quantitative estimate of drug-likeness (QED) is 0.0500. The number of hydrogen-bond acceptors (Lipinski definition) is 15. The van der Waals surface area contributed by atoms with Crippen molar-refractivity contribution in [1.82, 2.24) is 0 Å². The SMILES string of the molecule is CO[C@H]1O[C@H](CO[Si](c2ccccc2)(c2ccccc2)C(C)(C)C)[C@@H](O[C@@H]2O[C@H](CO)[C@@H](O)[C@H](O)[C@H]2OC(C)=O)[C@H](OS(=O)(=O)O)[C@H]1N=C(C)[O-].[Na+]. The Bertz CT molecular complexity index is 1540. The first-order valence-electron chi connectivity index (χ1n) is 16.2. The third-order valence-electron chi connectivity index (χ3n) is 8.71. The summed E-state index contributed by atoms with van der Waals surface area (Å²) in [4.78, 5) is 16.0. The number of aliphatic imine (C=N–C) groups is 1. The molecule has 0 bridgehead atoms. The number of rotatable bonds is 13. The molecule has 52 heavy (non-hydrogen) atoms. The number of carbonyl (C=O) groups is 1. The minimum atomic E-state index is -5.29. The average Bonchev–Trinajstić information content (AvgIpc) is 3.06. The Kier molecular flexibility index (Phi) is 16.0. The zero-order valence-electron chi connectivity index (χ0n) is 30.1. The van der Waals surface area contributed by atoms with Crippen LogP contribution in [0.15, 0.2) is 65.7 Å². The maximum Gasteiger partial charge on any atom is 1.00 e. The summed E-state index contributed by atoms with van der Waals surface area (Å²) in [7, 11) is -7.37. The number of aliphatic hydroxyl groups is 3. The van der Waals surface area contributed by atoms with Gasteiger partial charge >= 0.3 is 45.9 Å². The van der Waals surface area contributed by atoms with Crippen LogP contribution in [0.1, 0.15) is 34.6 Å². The van der Waals surface area contributed by atoms with Crippen molar-refractivity contribution in [3.63, 3.8) is 0 Å². The second-order valence-electron chi connectivity index (χ2n) is 13.3. The Morgan fingerprint density at radius 3 is 1.88 bits per heavy atom. The van der Waals surface area contributed by atoms with Crippen LogP contribution < -0.4 is 45.0 Å². The molecular formula is C33H46NNaO15SSi. The Hall–Kier alpha value is -1.85. The topological polar surface area (TPSA) is 232 Å². The molecule has 19 heteroatoms. The number of hydrogen-bond donors (Lipinski definition) is 4. The van der Waals surface area contributed by atoms with Gasteiger partial charge < -0.3 is 48.5 Å². The van der Waals surface area contributed by atoms with Gasteiger partial charge in [-0.15, -0.1) is 0 Å². The van der Waals surface area contributed by atoms with Crippen molar-refractivity contribution in [3.05, 3.63) is 60.7 Å². The van der Waals surface area contributed by atoms with Gasteiger partial charge in [-0.25, -0.2) is 4.18 Å². The second-order valence-corrected chi connectivity index (χ2v) is 18.6. The molecular weight excluding hydrogens is 733 g/mol. The minimum absolute atomic E-state index is 0. The molecule has 0 spiro atoms. The number of aliphatic hydroxyl groups excluding tert-OH is 3. The number of ether oxygens (including phenoxy) is 5. The summed E-state index contributed by atoms with van der Waals surface area (Å²) in [5, 5.41) is 44.9. The van der Waals surface area contributed by atoms with Crippen molar-refractivity contribution in [2.24, 2.45) is 4.99 Å². The van der Waals surface area contributed by atoms with E-state index >= 15 is 0 Å². The predicted octanol–water partition coefficient (Wildman–Crippen LogP) is -3.97. The van der Waals surface area contributed by atoms with Crippen LogP contribution in [-0.4, -0.2) is 130 Å². The molecule has 0 aromatic heterocycles. The van der Waals surface area contributed by atoms with Gasteiger partial charge in [0.1, 0.15) is 42.7 Å². The monoisotopic (exact) mass is 779 g/mol. The van der Waals surface area contributed by atoms with Crippen molar-refractivity contribution in [2.45, 2.75) is 101 Å². The molecule has 2 aromatic rings. The first kappa shape index (κ1) is 44.5. The van der Waals surface area contributed by atoms with Crippen LogP contribution in [0, 0.1) is 0 Å². The van der Waals surface area contributed by atoms with Crippen molar-refractivity contribution >= 4 is 41.0 Å². The van der Waals surface area contributed by atoms with Crippen LogP contribution in [0.5, 0.6) is 0 Å². The van der Waals surface area contributed by atoms with Gasteiger partial charge in [-0.2, -0.15) is 8.42 Å². The maximum atomic E-state index is 12.3. The molecule has 2 saturated heterocycles. The molecule has 10 atom stereocenters. The van der Waals surface area contributed by atoms with Gasteiger partial charge in [0, 0.05) is 14.0 Å². The third-order valence-corrected chi connectivity index (χ3v) is 14.2. The summed E-state index contributed by atoms with van der Waals surface area (Å²) in [5.41, 5.74) is 0. The first-order chi connectivity index (χ1) is 23.9. The molecule has 0 radical (unpaired) electrons. The molecule has 2 aliphatic heterocycles. The maximum absolute atomic E-state index is 12.3. The van der Waals surface area contributed by atoms with E-state index in [1.807, 2.05) is 81.4 Å². The molecule has 0 amide bonds. The van der Waals surface area contributed by atoms with Gasteiger partial charge in [0.2, 0.25) is 0 Å². The van der Waals surface area contributed by atoms with Crippen LogP contribution in [-0.2, 0) is 47.5 Å². The Balaban J connectivity index is 0.00000729. The third kappa shape index (κ3) is 10.3. The van der Waals surface area contributed by atoms with Gasteiger partial charge in [0.25, 0.3) is 8.32 Å². The van der Waals surface area contributed by atoms with E-state index in [1.54, 1.807) is 0 Å². The zero-order valence-corrected chi connectivity index (χ0v) is 33.9. The molecule has 4 N–H and O–H groups in total. The van der Waals surface area contributed by atoms with Crippen molar-refractivity contribution in [1.29, 1.82) is 0 Å². The van der Waals surface area contributed by atoms with Gasteiger partial charge in [-0.3, -0.25) is 14.3 Å². The smallest absolute Gasteiger partial charge is 0.862 e. The number of methoxy groups -OCH3 is 1. The van der Waals surface area contributed by atoms with E-state index in [0.717, 1.165) is 24.2 Å². The first-order valence-corrected chi connectivity index (χ1v) is 19.5. The number of carbonyl (C=O) groups excluding carboxylic acids is 1. The molecule has 2 heterocycles. The summed E-state index contributed by atoms with van der Waals surface area (Å²) in [6.45, 7) is 7.07. The van der Waals surface area contributed by atoms with E-state index in [-0.39, 0.29) is 36.2 Å². The van der Waals surface area contributed by atoms with E-state index in [1.165, 1.54) is 7.11 Å². The molecule has 2 aromatic carbocycles. The van der Waals surface area contributed by atoms with Gasteiger partial charge in [-0.05, 0) is 28.2 Å². The fourth-order valence-corrected chi connectivity index (χ4v) is 11.7. The van der Waals surface area contributed by atoms with E-state index in [9.17, 15) is 38.2 Å². The number of benzene rings is 2. The Morgan fingerprint density at radius 2 is 1.44 bits per heavy atom. The van der Waals surface area contributed by atoms with Crippen molar-refractivity contribution in [2.75, 3.05) is 20.3 Å². The van der Waals surface area contributed by atoms with Crippen LogP contribution in [0.3, 0.4) is 0 Å². The van der Waals surface area contributed by atoms with Crippen LogP contribution >= 0.6 is 0 Å². The summed E-state index contributed by atoms with van der Waals surface area (Å²) >= 11 is 0. The largest absolute Gasteiger partial charge is 1.00 e. The van der Waals surface area contributed by atoms with Gasteiger partial charge in [0.15, 0.2) is 18.7 Å². The number of nitrogens with zero attached hydrogens (tertiary/aromatic N) is 1. The molecule has 16 nitrogen and oxygen atoms in total. The molecule has 2 aliphatic rings. The van der Waals surface area contributed by atoms with Gasteiger partial charge in [-0.1, -0.05) is 81.4 Å². The van der Waals surface area contributed by atoms with Gasteiger partial charge in [0.05, 0.1) is 13.2 Å². The normalized spacial score (nSPS) is 30.3. The van der Waals surface area contributed by atoms with E-state index in [0.29, 0.717) is 0 Å². The molecule has 2 fully saturated rings. The fraction of sp³-hybridized carbons (Fsp3) is 0.576. The standard InChI is InChI=1S/C33H47NO15SSi.Na/c1-19(36)34-25-29(49-50(40,41)42)28(48-32-30(45-20(2)37)27(39)26(38)23(17-35)46-32)24(47-31(25)43-6)18-44-51(33(3,4)5,21-13-9-7-10-14-21)22-15-11-8-12-16-22;/h7-16,23-32,35,38-39H,17-18H2,1-6H3,(H,34,36)(H,40,41,42);/q;+1/p-1/t23-,24-,25-,26-,27+,28-,29-,30-,31+,32+;/m1./s1. The van der Waals surface area contributed by atoms with Crippen molar-refractivity contribution < 1.29 is 100 Å². The summed E-state index contributed by atoms with van der Waals surface area (Å²) < 4.78 is 75.7. The van der Waals surface area contributed by atoms with Crippen LogP contribution in [0.25, 0.3) is 0 Å². The zero-order chi connectivity index (χ0) is 37.7. The molecule has 4 rings (SSSR count). The molecule has 284 valence electrons. The Morgan fingerprint density at radius 1 is 0.904 bits per heavy atom. The molecule has 0 saturated carbocycles. The van der Waals surface area contributed by atoms with Crippen molar-refractivity contribution in [3.8, 4) is 0 Å². The van der Waals surface area contributed by atoms with E-state index in [4.69, 9.17) is 32.3 Å². The second kappa shape index (κ2) is 18.7. The van der Waals surface area contributed by atoms with E-state index in [2.05, 4.69) is 4.99 Å². The van der Waals surface area contributed by atoms with E-state index < -0.39 is 104 Å². The predicted molar refractivity (Wildman–Crippen MR) is 181 cm³/mol. The van der Waals surface area contributed by atoms with Crippen LogP contribution in [0.2, 0.25) is 5.04 Å². The molecule has 0 unspecified atom stereocenters. The summed E-state index contributed by atoms with van der Waals surface area (Å²) in [6, 6.07) is 17.5. The average molecular weight is 780 g/mol. The fourth-order valence-electron chi connectivity index (χ4n) is 6.59. The number of esters is 1. The summed E-state index contributed by atoms with van der Waals surface area (Å²) in [6.07, 6.45) is -14.9. The summed E-state index contributed by atoms with van der Waals surface area (Å²) in [5.74, 6) is -1.67. The molecule has 0 aliphatic carbocycles. The van der Waals surface area contributed by atoms with Crippen LogP contribution in [0.4, 0.5) is 0 Å². The Labute approximate surface area is 326 Å².